The van der Waals surface area contributed by atoms with Crippen molar-refractivity contribution >= 4 is 33.7 Å². The lowest BCUT2D eigenvalue weighted by atomic mass is 10.1. The molecule has 7 nitrogen and oxygen atoms in total. The number of hydrogen-bond acceptors (Lipinski definition) is 5. The Hall–Kier alpha value is -3.13. The molecule has 8 heteroatoms. The molecule has 0 aliphatic carbocycles. The lowest BCUT2D eigenvalue weighted by Gasteiger charge is -2.14. The number of benzene rings is 2. The van der Waals surface area contributed by atoms with E-state index < -0.39 is 16.0 Å². The number of anilines is 1. The molecule has 2 N–H and O–H groups in total. The van der Waals surface area contributed by atoms with Crippen LogP contribution in [-0.4, -0.2) is 33.7 Å². The smallest absolute Gasteiger partial charge is 0.337 e. The van der Waals surface area contributed by atoms with Crippen molar-refractivity contribution in [1.29, 1.82) is 0 Å². The molecule has 1 atom stereocenters. The zero-order valence-electron chi connectivity index (χ0n) is 15.8. The predicted molar refractivity (Wildman–Crippen MR) is 108 cm³/mol. The van der Waals surface area contributed by atoms with E-state index in [1.807, 2.05) is 0 Å². The molecule has 0 aromatic heterocycles. The molecule has 28 heavy (non-hydrogen) atoms. The highest BCUT2D eigenvalue weighted by Crippen LogP contribution is 2.18. The first-order valence-electron chi connectivity index (χ1n) is 8.42. The Bertz CT molecular complexity index is 982. The fourth-order valence-corrected chi connectivity index (χ4v) is 3.01. The molecular weight excluding hydrogens is 380 g/mol. The Morgan fingerprint density at radius 3 is 2.39 bits per heavy atom. The van der Waals surface area contributed by atoms with Crippen LogP contribution in [0.2, 0.25) is 0 Å². The van der Waals surface area contributed by atoms with Crippen LogP contribution in [0.25, 0.3) is 6.08 Å². The van der Waals surface area contributed by atoms with Gasteiger partial charge in [0.15, 0.2) is 0 Å². The summed E-state index contributed by atoms with van der Waals surface area (Å²) in [7, 11) is -2.06. The maximum atomic E-state index is 12.2. The van der Waals surface area contributed by atoms with E-state index in [2.05, 4.69) is 14.8 Å². The summed E-state index contributed by atoms with van der Waals surface area (Å²) in [5, 5.41) is 2.82. The van der Waals surface area contributed by atoms with Gasteiger partial charge in [0.1, 0.15) is 0 Å². The molecule has 0 heterocycles. The quantitative estimate of drug-likeness (QED) is 0.548. The maximum Gasteiger partial charge on any atom is 0.337 e. The van der Waals surface area contributed by atoms with E-state index in [0.29, 0.717) is 11.3 Å². The van der Waals surface area contributed by atoms with Gasteiger partial charge in [0.25, 0.3) is 0 Å². The molecule has 0 fully saturated rings. The molecule has 0 unspecified atom stereocenters. The molecule has 0 spiro atoms. The second-order valence-corrected chi connectivity index (χ2v) is 7.93. The Kier molecular flexibility index (Phi) is 6.94. The molecule has 2 aromatic carbocycles. The summed E-state index contributed by atoms with van der Waals surface area (Å²) in [5.41, 5.74) is 2.38. The molecular formula is C20H22N2O5S. The summed E-state index contributed by atoms with van der Waals surface area (Å²) in [5.74, 6) is -0.722. The third-order valence-electron chi connectivity index (χ3n) is 3.81. The predicted octanol–water partition coefficient (Wildman–Crippen LogP) is 2.74. The second-order valence-electron chi connectivity index (χ2n) is 6.18. The lowest BCUT2D eigenvalue weighted by molar-refractivity contribution is -0.117. The average Bonchev–Trinajstić information content (AvgIpc) is 2.65. The van der Waals surface area contributed by atoms with Gasteiger partial charge in [-0.3, -0.25) is 9.52 Å². The summed E-state index contributed by atoms with van der Waals surface area (Å²) in [6.07, 6.45) is 4.10. The second kappa shape index (κ2) is 9.18. The number of ether oxygens (including phenoxy) is 1. The van der Waals surface area contributed by atoms with Crippen molar-refractivity contribution in [2.24, 2.45) is 0 Å². The van der Waals surface area contributed by atoms with Crippen LogP contribution in [-0.2, 0) is 19.6 Å². The average molecular weight is 402 g/mol. The standard InChI is InChI=1S/C20H22N2O5S/c1-14(17-5-4-6-18(13-17)22-28(3,25)26)21-19(23)12-9-15-7-10-16(11-8-15)20(24)27-2/h4-14,22H,1-3H3,(H,21,23)/b12-9+/t14-/m1/s1. The van der Waals surface area contributed by atoms with Crippen molar-refractivity contribution < 1.29 is 22.7 Å². The molecule has 0 saturated heterocycles. The van der Waals surface area contributed by atoms with Gasteiger partial charge in [-0.05, 0) is 48.4 Å². The topological polar surface area (TPSA) is 102 Å². The first-order chi connectivity index (χ1) is 13.2. The number of methoxy groups -OCH3 is 1. The Labute approximate surface area is 164 Å². The molecule has 0 aliphatic rings. The van der Waals surface area contributed by atoms with Crippen LogP contribution >= 0.6 is 0 Å². The van der Waals surface area contributed by atoms with Crippen LogP contribution < -0.4 is 10.0 Å². The Balaban J connectivity index is 1.99. The van der Waals surface area contributed by atoms with E-state index in [1.165, 1.54) is 13.2 Å². The third-order valence-corrected chi connectivity index (χ3v) is 4.41. The highest BCUT2D eigenvalue weighted by Gasteiger charge is 2.10. The van der Waals surface area contributed by atoms with E-state index in [1.54, 1.807) is 61.5 Å². The monoisotopic (exact) mass is 402 g/mol. The van der Waals surface area contributed by atoms with Gasteiger partial charge in [0.2, 0.25) is 15.9 Å². The number of rotatable bonds is 7. The normalized spacial score (nSPS) is 12.4. The van der Waals surface area contributed by atoms with Gasteiger partial charge in [-0.25, -0.2) is 13.2 Å². The van der Waals surface area contributed by atoms with Crippen LogP contribution in [0.15, 0.2) is 54.6 Å². The minimum absolute atomic E-state index is 0.300. The van der Waals surface area contributed by atoms with Crippen molar-refractivity contribution in [3.8, 4) is 0 Å². The molecule has 0 aliphatic heterocycles. The summed E-state index contributed by atoms with van der Waals surface area (Å²) in [6.45, 7) is 1.80. The molecule has 2 rings (SSSR count). The van der Waals surface area contributed by atoms with Gasteiger partial charge in [0, 0.05) is 11.8 Å². The fraction of sp³-hybridized carbons (Fsp3) is 0.200. The van der Waals surface area contributed by atoms with Crippen molar-refractivity contribution in [1.82, 2.24) is 5.32 Å². The molecule has 0 bridgehead atoms. The number of esters is 1. The molecule has 1 amide bonds. The molecule has 0 radical (unpaired) electrons. The molecule has 0 saturated carbocycles. The first-order valence-corrected chi connectivity index (χ1v) is 10.3. The van der Waals surface area contributed by atoms with E-state index >= 15 is 0 Å². The number of hydrogen-bond donors (Lipinski definition) is 2. The molecule has 148 valence electrons. The van der Waals surface area contributed by atoms with Gasteiger partial charge in [0.05, 0.1) is 25.0 Å². The van der Waals surface area contributed by atoms with Crippen LogP contribution in [0, 0.1) is 0 Å². The number of carbonyl (C=O) groups excluding carboxylic acids is 2. The van der Waals surface area contributed by atoms with Crippen molar-refractivity contribution in [2.75, 3.05) is 18.1 Å². The highest BCUT2D eigenvalue weighted by molar-refractivity contribution is 7.92. The number of amides is 1. The van der Waals surface area contributed by atoms with Crippen LogP contribution in [0.3, 0.4) is 0 Å². The maximum absolute atomic E-state index is 12.2. The molecule has 2 aromatic rings. The minimum atomic E-state index is -3.37. The zero-order chi connectivity index (χ0) is 20.7. The summed E-state index contributed by atoms with van der Waals surface area (Å²) in [4.78, 5) is 23.6. The van der Waals surface area contributed by atoms with Gasteiger partial charge < -0.3 is 10.1 Å². The highest BCUT2D eigenvalue weighted by atomic mass is 32.2. The van der Waals surface area contributed by atoms with Crippen LogP contribution in [0.4, 0.5) is 5.69 Å². The van der Waals surface area contributed by atoms with Crippen molar-refractivity contribution in [3.63, 3.8) is 0 Å². The van der Waals surface area contributed by atoms with Crippen molar-refractivity contribution in [3.05, 3.63) is 71.3 Å². The van der Waals surface area contributed by atoms with Crippen LogP contribution in [0.1, 0.15) is 34.5 Å². The largest absolute Gasteiger partial charge is 0.465 e. The first kappa shape index (κ1) is 21.2. The van der Waals surface area contributed by atoms with E-state index in [9.17, 15) is 18.0 Å². The van der Waals surface area contributed by atoms with Gasteiger partial charge in [-0.1, -0.05) is 24.3 Å². The summed E-state index contributed by atoms with van der Waals surface area (Å²) < 4.78 is 29.7. The van der Waals surface area contributed by atoms with E-state index in [-0.39, 0.29) is 11.9 Å². The SMILES string of the molecule is COC(=O)c1ccc(/C=C/C(=O)N[C@H](C)c2cccc(NS(C)(=O)=O)c2)cc1. The minimum Gasteiger partial charge on any atom is -0.465 e. The van der Waals surface area contributed by atoms with Crippen molar-refractivity contribution in [2.45, 2.75) is 13.0 Å². The Morgan fingerprint density at radius 1 is 1.11 bits per heavy atom. The summed E-state index contributed by atoms with van der Waals surface area (Å²) in [6, 6.07) is 13.1. The van der Waals surface area contributed by atoms with E-state index in [0.717, 1.165) is 17.4 Å². The fourth-order valence-electron chi connectivity index (χ4n) is 2.45. The van der Waals surface area contributed by atoms with Gasteiger partial charge >= 0.3 is 5.97 Å². The Morgan fingerprint density at radius 2 is 1.79 bits per heavy atom. The number of nitrogens with one attached hydrogen (secondary N) is 2. The van der Waals surface area contributed by atoms with Gasteiger partial charge in [-0.2, -0.15) is 0 Å². The van der Waals surface area contributed by atoms with Crippen LogP contribution in [0.5, 0.6) is 0 Å². The van der Waals surface area contributed by atoms with Gasteiger partial charge in [-0.15, -0.1) is 0 Å². The third kappa shape index (κ3) is 6.55. The number of sulfonamides is 1. The number of carbonyl (C=O) groups is 2. The zero-order valence-corrected chi connectivity index (χ0v) is 16.6. The lowest BCUT2D eigenvalue weighted by Crippen LogP contribution is -2.24. The summed E-state index contributed by atoms with van der Waals surface area (Å²) >= 11 is 0. The van der Waals surface area contributed by atoms with E-state index in [4.69, 9.17) is 0 Å².